The molecule has 1 N–H and O–H groups in total. The molecule has 1 aliphatic rings. The van der Waals surface area contributed by atoms with Gasteiger partial charge in [0.05, 0.1) is 19.3 Å². The summed E-state index contributed by atoms with van der Waals surface area (Å²) in [5, 5.41) is 9.71. The van der Waals surface area contributed by atoms with Gasteiger partial charge in [0.2, 0.25) is 0 Å². The van der Waals surface area contributed by atoms with E-state index in [1.54, 1.807) is 7.11 Å². The van der Waals surface area contributed by atoms with Crippen molar-refractivity contribution in [3.63, 3.8) is 0 Å². The SMILES string of the molecule is COCCOC1C(O)CC1Oc1ccc(C)c(C)c1. The van der Waals surface area contributed by atoms with Gasteiger partial charge in [-0.05, 0) is 37.1 Å². The number of aliphatic hydroxyl groups is 1. The van der Waals surface area contributed by atoms with Crippen LogP contribution in [0.25, 0.3) is 0 Å². The van der Waals surface area contributed by atoms with Gasteiger partial charge in [0.25, 0.3) is 0 Å². The van der Waals surface area contributed by atoms with Crippen molar-refractivity contribution in [3.05, 3.63) is 29.3 Å². The Balaban J connectivity index is 1.89. The van der Waals surface area contributed by atoms with Crippen LogP contribution in [0.3, 0.4) is 0 Å². The van der Waals surface area contributed by atoms with E-state index < -0.39 is 6.10 Å². The van der Waals surface area contributed by atoms with E-state index in [2.05, 4.69) is 13.8 Å². The lowest BCUT2D eigenvalue weighted by molar-refractivity contribution is -0.167. The van der Waals surface area contributed by atoms with Crippen molar-refractivity contribution in [1.29, 1.82) is 0 Å². The minimum Gasteiger partial charge on any atom is -0.488 e. The fourth-order valence-electron chi connectivity index (χ4n) is 2.12. The highest BCUT2D eigenvalue weighted by Crippen LogP contribution is 2.29. The van der Waals surface area contributed by atoms with E-state index in [1.807, 2.05) is 18.2 Å². The summed E-state index contributed by atoms with van der Waals surface area (Å²) in [5.41, 5.74) is 2.45. The predicted octanol–water partition coefficient (Wildman–Crippen LogP) is 1.85. The van der Waals surface area contributed by atoms with Crippen LogP contribution < -0.4 is 4.74 Å². The predicted molar refractivity (Wildman–Crippen MR) is 72.6 cm³/mol. The average molecular weight is 266 g/mol. The molecule has 3 atom stereocenters. The van der Waals surface area contributed by atoms with Crippen molar-refractivity contribution in [2.75, 3.05) is 20.3 Å². The number of aryl methyl sites for hydroxylation is 2. The second kappa shape index (κ2) is 6.37. The smallest absolute Gasteiger partial charge is 0.130 e. The van der Waals surface area contributed by atoms with E-state index in [1.165, 1.54) is 11.1 Å². The minimum atomic E-state index is -0.437. The number of benzene rings is 1. The summed E-state index contributed by atoms with van der Waals surface area (Å²) in [4.78, 5) is 0. The molecule has 0 heterocycles. The maximum absolute atomic E-state index is 9.71. The Kier molecular flexibility index (Phi) is 4.80. The van der Waals surface area contributed by atoms with Gasteiger partial charge in [-0.1, -0.05) is 6.07 Å². The van der Waals surface area contributed by atoms with Crippen molar-refractivity contribution >= 4 is 0 Å². The van der Waals surface area contributed by atoms with E-state index in [-0.39, 0.29) is 12.2 Å². The van der Waals surface area contributed by atoms with Crippen LogP contribution in [0.1, 0.15) is 17.5 Å². The number of aliphatic hydroxyl groups excluding tert-OH is 1. The lowest BCUT2D eigenvalue weighted by Crippen LogP contribution is -2.55. The van der Waals surface area contributed by atoms with Crippen molar-refractivity contribution in [3.8, 4) is 5.75 Å². The maximum Gasteiger partial charge on any atom is 0.130 e. The minimum absolute atomic E-state index is 0.0750. The third kappa shape index (κ3) is 3.47. The molecule has 1 aromatic rings. The van der Waals surface area contributed by atoms with Crippen LogP contribution >= 0.6 is 0 Å². The van der Waals surface area contributed by atoms with Crippen molar-refractivity contribution < 1.29 is 19.3 Å². The van der Waals surface area contributed by atoms with Crippen LogP contribution in [-0.2, 0) is 9.47 Å². The number of hydrogen-bond donors (Lipinski definition) is 1. The third-order valence-electron chi connectivity index (χ3n) is 3.58. The second-order valence-corrected chi connectivity index (χ2v) is 5.03. The molecule has 1 fully saturated rings. The molecule has 19 heavy (non-hydrogen) atoms. The Bertz CT molecular complexity index is 419. The molecule has 0 bridgehead atoms. The van der Waals surface area contributed by atoms with Crippen LogP contribution in [0.15, 0.2) is 18.2 Å². The summed E-state index contributed by atoms with van der Waals surface area (Å²) in [5.74, 6) is 0.834. The molecule has 0 radical (unpaired) electrons. The van der Waals surface area contributed by atoms with Gasteiger partial charge in [0.1, 0.15) is 18.0 Å². The van der Waals surface area contributed by atoms with E-state index in [0.717, 1.165) is 5.75 Å². The lowest BCUT2D eigenvalue weighted by Gasteiger charge is -2.40. The Morgan fingerprint density at radius 1 is 1.21 bits per heavy atom. The summed E-state index contributed by atoms with van der Waals surface area (Å²) in [6.07, 6.45) is -0.149. The quantitative estimate of drug-likeness (QED) is 0.798. The highest BCUT2D eigenvalue weighted by molar-refractivity contribution is 5.34. The topological polar surface area (TPSA) is 47.9 Å². The Hall–Kier alpha value is -1.10. The molecular formula is C15H22O4. The Morgan fingerprint density at radius 3 is 2.63 bits per heavy atom. The summed E-state index contributed by atoms with van der Waals surface area (Å²) < 4.78 is 16.4. The molecule has 1 aromatic carbocycles. The standard InChI is InChI=1S/C15H22O4/c1-10-4-5-12(8-11(10)2)19-14-9-13(16)15(14)18-7-6-17-3/h4-5,8,13-16H,6-7,9H2,1-3H3. The molecule has 0 aliphatic heterocycles. The fraction of sp³-hybridized carbons (Fsp3) is 0.600. The molecule has 2 rings (SSSR count). The zero-order valence-corrected chi connectivity index (χ0v) is 11.8. The average Bonchev–Trinajstić information content (AvgIpc) is 2.38. The number of rotatable bonds is 6. The van der Waals surface area contributed by atoms with E-state index in [4.69, 9.17) is 14.2 Å². The molecule has 0 amide bonds. The lowest BCUT2D eigenvalue weighted by atomic mass is 9.88. The second-order valence-electron chi connectivity index (χ2n) is 5.03. The van der Waals surface area contributed by atoms with Gasteiger partial charge in [-0.3, -0.25) is 0 Å². The zero-order chi connectivity index (χ0) is 13.8. The van der Waals surface area contributed by atoms with Crippen molar-refractivity contribution in [1.82, 2.24) is 0 Å². The highest BCUT2D eigenvalue weighted by atomic mass is 16.6. The maximum atomic E-state index is 9.71. The van der Waals surface area contributed by atoms with Crippen molar-refractivity contribution in [2.24, 2.45) is 0 Å². The van der Waals surface area contributed by atoms with E-state index in [9.17, 15) is 5.11 Å². The van der Waals surface area contributed by atoms with Crippen LogP contribution in [0.5, 0.6) is 5.75 Å². The molecule has 4 nitrogen and oxygen atoms in total. The summed E-state index contributed by atoms with van der Waals surface area (Å²) in [7, 11) is 1.63. The summed E-state index contributed by atoms with van der Waals surface area (Å²) >= 11 is 0. The van der Waals surface area contributed by atoms with Gasteiger partial charge in [-0.15, -0.1) is 0 Å². The third-order valence-corrected chi connectivity index (χ3v) is 3.58. The molecule has 0 spiro atoms. The molecule has 1 aliphatic carbocycles. The number of ether oxygens (including phenoxy) is 3. The Labute approximate surface area is 114 Å². The first kappa shape index (κ1) is 14.3. The number of methoxy groups -OCH3 is 1. The highest BCUT2D eigenvalue weighted by Gasteiger charge is 2.42. The number of hydrogen-bond acceptors (Lipinski definition) is 4. The van der Waals surface area contributed by atoms with Gasteiger partial charge in [-0.25, -0.2) is 0 Å². The molecule has 0 aromatic heterocycles. The van der Waals surface area contributed by atoms with Crippen LogP contribution in [-0.4, -0.2) is 43.7 Å². The van der Waals surface area contributed by atoms with Gasteiger partial charge in [0.15, 0.2) is 0 Å². The fourth-order valence-corrected chi connectivity index (χ4v) is 2.12. The molecule has 1 saturated carbocycles. The normalized spacial score (nSPS) is 26.0. The van der Waals surface area contributed by atoms with Gasteiger partial charge in [-0.2, -0.15) is 0 Å². The van der Waals surface area contributed by atoms with Crippen LogP contribution in [0.4, 0.5) is 0 Å². The molecular weight excluding hydrogens is 244 g/mol. The Morgan fingerprint density at radius 2 is 2.00 bits per heavy atom. The first-order valence-electron chi connectivity index (χ1n) is 6.64. The molecule has 106 valence electrons. The van der Waals surface area contributed by atoms with Gasteiger partial charge in [0, 0.05) is 13.5 Å². The molecule has 4 heteroatoms. The van der Waals surface area contributed by atoms with Gasteiger partial charge >= 0.3 is 0 Å². The monoisotopic (exact) mass is 266 g/mol. The largest absolute Gasteiger partial charge is 0.488 e. The summed E-state index contributed by atoms with van der Waals surface area (Å²) in [6, 6.07) is 6.02. The van der Waals surface area contributed by atoms with Crippen molar-refractivity contribution in [2.45, 2.75) is 38.6 Å². The van der Waals surface area contributed by atoms with E-state index >= 15 is 0 Å². The zero-order valence-electron chi connectivity index (χ0n) is 11.8. The van der Waals surface area contributed by atoms with E-state index in [0.29, 0.717) is 19.6 Å². The van der Waals surface area contributed by atoms with Crippen LogP contribution in [0.2, 0.25) is 0 Å². The molecule has 3 unspecified atom stereocenters. The first-order chi connectivity index (χ1) is 9.11. The summed E-state index contributed by atoms with van der Waals surface area (Å²) in [6.45, 7) is 5.14. The van der Waals surface area contributed by atoms with Gasteiger partial charge < -0.3 is 19.3 Å². The first-order valence-corrected chi connectivity index (χ1v) is 6.64. The molecule has 0 saturated heterocycles. The van der Waals surface area contributed by atoms with Crippen LogP contribution in [0, 0.1) is 13.8 Å².